The van der Waals surface area contributed by atoms with E-state index in [1.807, 2.05) is 6.92 Å². The van der Waals surface area contributed by atoms with Crippen molar-refractivity contribution in [2.45, 2.75) is 19.4 Å². The third-order valence-electron chi connectivity index (χ3n) is 3.62. The van der Waals surface area contributed by atoms with Crippen molar-refractivity contribution in [1.29, 1.82) is 0 Å². The van der Waals surface area contributed by atoms with E-state index >= 15 is 0 Å². The van der Waals surface area contributed by atoms with Crippen molar-refractivity contribution < 1.29 is 9.59 Å². The lowest BCUT2D eigenvalue weighted by atomic mass is 9.99. The van der Waals surface area contributed by atoms with Crippen LogP contribution in [0.2, 0.25) is 0 Å². The number of Topliss-reactive ketones (excluding diaryl/α,β-unsaturated/α-hetero) is 1. The summed E-state index contributed by atoms with van der Waals surface area (Å²) in [7, 11) is 0. The number of carbonyl (C=O) groups is 2. The second kappa shape index (κ2) is 5.98. The average Bonchev–Trinajstić information content (AvgIpc) is 2.85. The van der Waals surface area contributed by atoms with Crippen molar-refractivity contribution in [1.82, 2.24) is 10.3 Å². The molecule has 2 aromatic rings. The number of nitrogens with two attached hydrogens (primary N) is 1. The first-order valence-corrected chi connectivity index (χ1v) is 7.86. The maximum Gasteiger partial charge on any atom is 0.248 e. The third-order valence-corrected chi connectivity index (χ3v) is 4.60. The monoisotopic (exact) mass is 314 g/mol. The molecule has 1 aliphatic heterocycles. The molecule has 1 saturated heterocycles. The molecule has 0 bridgehead atoms. The first kappa shape index (κ1) is 14.9. The Labute approximate surface area is 132 Å². The second-order valence-corrected chi connectivity index (χ2v) is 6.44. The molecule has 2 heterocycles. The zero-order valence-electron chi connectivity index (χ0n) is 12.1. The van der Waals surface area contributed by atoms with E-state index in [0.29, 0.717) is 16.1 Å². The van der Waals surface area contributed by atoms with E-state index in [2.05, 4.69) is 10.3 Å². The Kier molecular flexibility index (Phi) is 4.04. The summed E-state index contributed by atoms with van der Waals surface area (Å²) in [4.78, 5) is 28.7. The molecule has 0 spiro atoms. The maximum atomic E-state index is 12.4. The lowest BCUT2D eigenvalue weighted by Gasteiger charge is -2.26. The van der Waals surface area contributed by atoms with Crippen molar-refractivity contribution in [3.63, 3.8) is 0 Å². The van der Waals surface area contributed by atoms with Crippen LogP contribution in [0.3, 0.4) is 0 Å². The van der Waals surface area contributed by atoms with Gasteiger partial charge in [0, 0.05) is 17.2 Å². The number of carbonyl (C=O) groups excluding carboxylic acids is 2. The number of aromatic nitrogens is 1. The molecule has 0 saturated carbocycles. The van der Waals surface area contributed by atoms with Gasteiger partial charge in [-0.1, -0.05) is 12.1 Å². The standard InChI is InChI=1S/C16H16N3O2S/c1-9-19-14(10-2-4-11(5-3-10)16(17)21)15(22-9)13(20)8-12-6-7-18-12/h2-5,8,12,18H,6-7H2,1H3,(H2,17,21). The zero-order chi connectivity index (χ0) is 15.7. The lowest BCUT2D eigenvalue weighted by molar-refractivity contribution is 0.0996. The Morgan fingerprint density at radius 2 is 2.05 bits per heavy atom. The van der Waals surface area contributed by atoms with Crippen molar-refractivity contribution in [3.8, 4) is 11.3 Å². The summed E-state index contributed by atoms with van der Waals surface area (Å²) in [6.07, 6.45) is 2.71. The summed E-state index contributed by atoms with van der Waals surface area (Å²) < 4.78 is 0. The molecule has 5 nitrogen and oxygen atoms in total. The molecule has 3 rings (SSSR count). The first-order chi connectivity index (χ1) is 10.5. The zero-order valence-corrected chi connectivity index (χ0v) is 12.9. The van der Waals surface area contributed by atoms with Crippen molar-refractivity contribution >= 4 is 23.0 Å². The van der Waals surface area contributed by atoms with Gasteiger partial charge in [-0.3, -0.25) is 9.59 Å². The molecule has 1 aliphatic rings. The molecule has 3 N–H and O–H groups in total. The summed E-state index contributed by atoms with van der Waals surface area (Å²) in [6.45, 7) is 2.84. The van der Waals surface area contributed by atoms with Crippen LogP contribution in [0.4, 0.5) is 0 Å². The predicted molar refractivity (Wildman–Crippen MR) is 85.8 cm³/mol. The number of rotatable bonds is 5. The largest absolute Gasteiger partial charge is 0.366 e. The van der Waals surface area contributed by atoms with E-state index in [4.69, 9.17) is 5.73 Å². The van der Waals surface area contributed by atoms with Crippen LogP contribution < -0.4 is 11.1 Å². The number of nitrogens with one attached hydrogen (secondary N) is 1. The lowest BCUT2D eigenvalue weighted by Crippen LogP contribution is -2.44. The number of primary amides is 1. The van der Waals surface area contributed by atoms with E-state index in [1.54, 1.807) is 30.7 Å². The summed E-state index contributed by atoms with van der Waals surface area (Å²) in [5.74, 6) is -0.474. The molecule has 113 valence electrons. The Bertz CT molecular complexity index is 717. The number of hydrogen-bond acceptors (Lipinski definition) is 5. The van der Waals surface area contributed by atoms with Gasteiger partial charge in [0.15, 0.2) is 5.78 Å². The quantitative estimate of drug-likeness (QED) is 0.826. The average molecular weight is 314 g/mol. The molecule has 1 amide bonds. The minimum absolute atomic E-state index is 0.00298. The minimum Gasteiger partial charge on any atom is -0.366 e. The summed E-state index contributed by atoms with van der Waals surface area (Å²) in [6, 6.07) is 7.01. The maximum absolute atomic E-state index is 12.4. The molecule has 1 radical (unpaired) electrons. The predicted octanol–water partition coefficient (Wildman–Crippen LogP) is 1.97. The van der Waals surface area contributed by atoms with Gasteiger partial charge >= 0.3 is 0 Å². The number of benzene rings is 1. The number of thiazole rings is 1. The van der Waals surface area contributed by atoms with Crippen LogP contribution in [0, 0.1) is 13.3 Å². The van der Waals surface area contributed by atoms with Crippen LogP contribution in [0.15, 0.2) is 24.3 Å². The molecule has 1 unspecified atom stereocenters. The van der Waals surface area contributed by atoms with E-state index in [-0.39, 0.29) is 11.8 Å². The fourth-order valence-corrected chi connectivity index (χ4v) is 3.15. The fourth-order valence-electron chi connectivity index (χ4n) is 2.29. The van der Waals surface area contributed by atoms with Crippen LogP contribution in [-0.2, 0) is 0 Å². The van der Waals surface area contributed by atoms with Gasteiger partial charge in [0.25, 0.3) is 0 Å². The molecule has 22 heavy (non-hydrogen) atoms. The van der Waals surface area contributed by atoms with Gasteiger partial charge in [-0.2, -0.15) is 0 Å². The van der Waals surface area contributed by atoms with Gasteiger partial charge in [0.2, 0.25) is 5.91 Å². The highest BCUT2D eigenvalue weighted by atomic mass is 32.1. The van der Waals surface area contributed by atoms with Gasteiger partial charge in [-0.25, -0.2) is 4.98 Å². The number of hydrogen-bond donors (Lipinski definition) is 2. The smallest absolute Gasteiger partial charge is 0.248 e. The molecular weight excluding hydrogens is 298 g/mol. The third kappa shape index (κ3) is 2.93. The molecule has 1 atom stereocenters. The van der Waals surface area contributed by atoms with Crippen molar-refractivity contribution in [3.05, 3.63) is 46.1 Å². The Balaban J connectivity index is 1.89. The van der Waals surface area contributed by atoms with Gasteiger partial charge in [0.1, 0.15) is 0 Å². The molecule has 1 fully saturated rings. The van der Waals surface area contributed by atoms with E-state index in [0.717, 1.165) is 23.5 Å². The minimum atomic E-state index is -0.471. The molecule has 1 aromatic carbocycles. The van der Waals surface area contributed by atoms with Crippen LogP contribution in [0.1, 0.15) is 31.5 Å². The fraction of sp³-hybridized carbons (Fsp3) is 0.250. The van der Waals surface area contributed by atoms with Gasteiger partial charge in [-0.15, -0.1) is 11.3 Å². The van der Waals surface area contributed by atoms with Crippen LogP contribution >= 0.6 is 11.3 Å². The SMILES string of the molecule is Cc1nc(-c2ccc(C(N)=O)cc2)c(C(=O)[CH]C2CCN2)s1. The van der Waals surface area contributed by atoms with E-state index in [1.165, 1.54) is 11.3 Å². The second-order valence-electron chi connectivity index (χ2n) is 5.23. The molecule has 6 heteroatoms. The van der Waals surface area contributed by atoms with E-state index < -0.39 is 5.91 Å². The van der Waals surface area contributed by atoms with Crippen LogP contribution in [-0.4, -0.2) is 29.3 Å². The number of nitrogens with zero attached hydrogens (tertiary/aromatic N) is 1. The Hall–Kier alpha value is -2.05. The normalized spacial score (nSPS) is 17.0. The highest BCUT2D eigenvalue weighted by Gasteiger charge is 2.25. The van der Waals surface area contributed by atoms with Crippen LogP contribution in [0.5, 0.6) is 0 Å². The number of amides is 1. The highest BCUT2D eigenvalue weighted by molar-refractivity contribution is 7.14. The van der Waals surface area contributed by atoms with Crippen molar-refractivity contribution in [2.24, 2.45) is 5.73 Å². The summed E-state index contributed by atoms with van der Waals surface area (Å²) >= 11 is 1.39. The van der Waals surface area contributed by atoms with Crippen LogP contribution in [0.25, 0.3) is 11.3 Å². The first-order valence-electron chi connectivity index (χ1n) is 7.05. The topological polar surface area (TPSA) is 85.1 Å². The van der Waals surface area contributed by atoms with Gasteiger partial charge < -0.3 is 11.1 Å². The van der Waals surface area contributed by atoms with Gasteiger partial charge in [0.05, 0.1) is 22.0 Å². The molecular formula is C16H16N3O2S. The molecule has 1 aromatic heterocycles. The van der Waals surface area contributed by atoms with E-state index in [9.17, 15) is 9.59 Å². The number of aryl methyl sites for hydroxylation is 1. The Morgan fingerprint density at radius 3 is 2.59 bits per heavy atom. The van der Waals surface area contributed by atoms with Crippen molar-refractivity contribution in [2.75, 3.05) is 6.54 Å². The summed E-state index contributed by atoms with van der Waals surface area (Å²) in [5.41, 5.74) is 7.16. The Morgan fingerprint density at radius 1 is 1.36 bits per heavy atom. The number of ketones is 1. The molecule has 0 aliphatic carbocycles. The summed E-state index contributed by atoms with van der Waals surface area (Å²) in [5, 5.41) is 4.03. The van der Waals surface area contributed by atoms with Gasteiger partial charge in [-0.05, 0) is 32.0 Å². The highest BCUT2D eigenvalue weighted by Crippen LogP contribution is 2.30.